The lowest BCUT2D eigenvalue weighted by atomic mass is 9.74. The summed E-state index contributed by atoms with van der Waals surface area (Å²) in [4.78, 5) is 0. The van der Waals surface area contributed by atoms with Crippen molar-refractivity contribution in [3.63, 3.8) is 0 Å². The molecule has 6 heteroatoms. The van der Waals surface area contributed by atoms with E-state index in [1.807, 2.05) is 0 Å². The van der Waals surface area contributed by atoms with Gasteiger partial charge in [-0.1, -0.05) is 44.7 Å². The van der Waals surface area contributed by atoms with Gasteiger partial charge in [0, 0.05) is 17.3 Å². The van der Waals surface area contributed by atoms with E-state index in [0.717, 1.165) is 17.1 Å². The normalized spacial score (nSPS) is 18.2. The van der Waals surface area contributed by atoms with Gasteiger partial charge in [-0.15, -0.1) is 0 Å². The van der Waals surface area contributed by atoms with Crippen LogP contribution in [-0.2, 0) is 4.74 Å². The maximum atomic E-state index is 12.0. The van der Waals surface area contributed by atoms with Crippen LogP contribution in [0.3, 0.4) is 0 Å². The Kier molecular flexibility index (Phi) is 7.69. The summed E-state index contributed by atoms with van der Waals surface area (Å²) in [5, 5.41) is 1.80. The lowest BCUT2D eigenvalue weighted by molar-refractivity contribution is -0.174. The number of halogens is 5. The number of alkyl halides is 5. The third kappa shape index (κ3) is 5.92. The van der Waals surface area contributed by atoms with Crippen molar-refractivity contribution in [3.8, 4) is 0 Å². The van der Waals surface area contributed by atoms with Crippen molar-refractivity contribution in [2.24, 2.45) is 11.3 Å². The van der Waals surface area contributed by atoms with Crippen LogP contribution in [0.1, 0.15) is 38.5 Å². The number of hydrogen-bond acceptors (Lipinski definition) is 1. The first kappa shape index (κ1) is 17.8. The van der Waals surface area contributed by atoms with Gasteiger partial charge in [0.05, 0.1) is 0 Å². The van der Waals surface area contributed by atoms with E-state index in [1.165, 1.54) is 25.7 Å². The second kappa shape index (κ2) is 8.23. The fraction of sp³-hybridized carbons (Fsp3) is 1.00. The molecule has 0 heterocycles. The van der Waals surface area contributed by atoms with Gasteiger partial charge in [-0.25, -0.2) is 0 Å². The Morgan fingerprint density at radius 2 is 1.63 bits per heavy atom. The summed E-state index contributed by atoms with van der Waals surface area (Å²) in [6, 6.07) is 0. The van der Waals surface area contributed by atoms with Gasteiger partial charge in [-0.2, -0.15) is 13.2 Å². The highest BCUT2D eigenvalue weighted by atomic mass is 79.9. The fourth-order valence-corrected chi connectivity index (χ4v) is 5.25. The molecule has 0 N–H and O–H groups in total. The zero-order valence-electron chi connectivity index (χ0n) is 10.9. The Morgan fingerprint density at radius 1 is 1.05 bits per heavy atom. The summed E-state index contributed by atoms with van der Waals surface area (Å²) in [5.41, 5.74) is 0.165. The number of ether oxygens (including phenoxy) is 1. The average molecular weight is 410 g/mol. The third-order valence-corrected chi connectivity index (χ3v) is 6.22. The molecule has 0 aromatic rings. The van der Waals surface area contributed by atoms with Gasteiger partial charge < -0.3 is 4.74 Å². The lowest BCUT2D eigenvalue weighted by Gasteiger charge is -2.36. The Bertz CT molecular complexity index is 249. The molecule has 0 spiro atoms. The quantitative estimate of drug-likeness (QED) is 0.389. The molecule has 19 heavy (non-hydrogen) atoms. The summed E-state index contributed by atoms with van der Waals surface area (Å²) in [6.07, 6.45) is 2.40. The van der Waals surface area contributed by atoms with E-state index in [0.29, 0.717) is 12.3 Å². The summed E-state index contributed by atoms with van der Waals surface area (Å²) >= 11 is 7.19. The summed E-state index contributed by atoms with van der Waals surface area (Å²) in [7, 11) is 0. The molecule has 0 saturated heterocycles. The van der Waals surface area contributed by atoms with Crippen LogP contribution in [0, 0.1) is 11.3 Å². The smallest absolute Gasteiger partial charge is 0.372 e. The monoisotopic (exact) mass is 408 g/mol. The third-order valence-electron chi connectivity index (χ3n) is 3.98. The van der Waals surface area contributed by atoms with Crippen molar-refractivity contribution in [2.45, 2.75) is 44.7 Å². The Morgan fingerprint density at radius 3 is 2.11 bits per heavy atom. The molecule has 0 unspecified atom stereocenters. The summed E-state index contributed by atoms with van der Waals surface area (Å²) in [5.74, 6) is 0.675. The molecule has 1 aliphatic rings. The standard InChI is InChI=1S/C13H21Br2F3O/c14-8-12(9-15,11-4-1-2-5-11)6-3-7-19-10-13(16,17)18/h11H,1-10H2. The predicted octanol–water partition coefficient (Wildman–Crippen LogP) is 5.31. The Hall–Kier alpha value is 0.710. The second-order valence-electron chi connectivity index (χ2n) is 5.38. The van der Waals surface area contributed by atoms with E-state index in [2.05, 4.69) is 36.6 Å². The lowest BCUT2D eigenvalue weighted by Crippen LogP contribution is -2.33. The number of rotatable bonds is 8. The molecule has 0 amide bonds. The van der Waals surface area contributed by atoms with E-state index >= 15 is 0 Å². The molecule has 0 aromatic heterocycles. The minimum absolute atomic E-state index is 0.165. The number of hydrogen-bond donors (Lipinski definition) is 0. The molecule has 0 atom stereocenters. The van der Waals surface area contributed by atoms with E-state index < -0.39 is 12.8 Å². The van der Waals surface area contributed by atoms with Gasteiger partial charge >= 0.3 is 6.18 Å². The molecule has 1 fully saturated rings. The predicted molar refractivity (Wildman–Crippen MR) is 78.1 cm³/mol. The van der Waals surface area contributed by atoms with Crippen LogP contribution in [0.15, 0.2) is 0 Å². The van der Waals surface area contributed by atoms with Crippen molar-refractivity contribution >= 4 is 31.9 Å². The fourth-order valence-electron chi connectivity index (χ4n) is 2.84. The van der Waals surface area contributed by atoms with Crippen LogP contribution in [-0.4, -0.2) is 30.1 Å². The van der Waals surface area contributed by atoms with Crippen LogP contribution in [0.4, 0.5) is 13.2 Å². The van der Waals surface area contributed by atoms with Gasteiger partial charge in [-0.05, 0) is 37.0 Å². The molecular weight excluding hydrogens is 389 g/mol. The minimum Gasteiger partial charge on any atom is -0.372 e. The van der Waals surface area contributed by atoms with Gasteiger partial charge in [0.15, 0.2) is 0 Å². The topological polar surface area (TPSA) is 9.23 Å². The van der Waals surface area contributed by atoms with Crippen molar-refractivity contribution in [3.05, 3.63) is 0 Å². The van der Waals surface area contributed by atoms with Crippen LogP contribution < -0.4 is 0 Å². The molecule has 0 radical (unpaired) electrons. The molecular formula is C13H21Br2F3O. The van der Waals surface area contributed by atoms with Crippen molar-refractivity contribution in [1.29, 1.82) is 0 Å². The van der Waals surface area contributed by atoms with Crippen LogP contribution in [0.5, 0.6) is 0 Å². The van der Waals surface area contributed by atoms with E-state index in [9.17, 15) is 13.2 Å². The summed E-state index contributed by atoms with van der Waals surface area (Å²) < 4.78 is 40.6. The molecule has 1 nitrogen and oxygen atoms in total. The first-order valence-electron chi connectivity index (χ1n) is 6.70. The van der Waals surface area contributed by atoms with Crippen molar-refractivity contribution < 1.29 is 17.9 Å². The van der Waals surface area contributed by atoms with Crippen LogP contribution in [0.2, 0.25) is 0 Å². The zero-order valence-corrected chi connectivity index (χ0v) is 14.1. The molecule has 1 saturated carbocycles. The second-order valence-corrected chi connectivity index (χ2v) is 6.50. The van der Waals surface area contributed by atoms with Gasteiger partial charge in [0.1, 0.15) is 6.61 Å². The van der Waals surface area contributed by atoms with Gasteiger partial charge in [0.2, 0.25) is 0 Å². The Balaban J connectivity index is 2.33. The minimum atomic E-state index is -4.21. The molecule has 0 bridgehead atoms. The van der Waals surface area contributed by atoms with Crippen molar-refractivity contribution in [1.82, 2.24) is 0 Å². The van der Waals surface area contributed by atoms with Crippen molar-refractivity contribution in [2.75, 3.05) is 23.9 Å². The zero-order chi connectivity index (χ0) is 14.4. The molecule has 0 aromatic carbocycles. The first-order valence-corrected chi connectivity index (χ1v) is 8.94. The molecule has 1 rings (SSSR count). The average Bonchev–Trinajstić information content (AvgIpc) is 2.87. The maximum absolute atomic E-state index is 12.0. The Labute approximate surface area is 129 Å². The SMILES string of the molecule is FC(F)(F)COCCCC(CBr)(CBr)C1CCCC1. The highest BCUT2D eigenvalue weighted by Crippen LogP contribution is 2.45. The molecule has 114 valence electrons. The molecule has 1 aliphatic carbocycles. The largest absolute Gasteiger partial charge is 0.411 e. The molecule has 0 aliphatic heterocycles. The van der Waals surface area contributed by atoms with Gasteiger partial charge in [-0.3, -0.25) is 0 Å². The summed E-state index contributed by atoms with van der Waals surface area (Å²) in [6.45, 7) is -0.944. The van der Waals surface area contributed by atoms with E-state index in [1.54, 1.807) is 0 Å². The van der Waals surface area contributed by atoms with Crippen LogP contribution >= 0.6 is 31.9 Å². The van der Waals surface area contributed by atoms with Gasteiger partial charge in [0.25, 0.3) is 0 Å². The van der Waals surface area contributed by atoms with E-state index in [4.69, 9.17) is 0 Å². The van der Waals surface area contributed by atoms with Crippen LogP contribution in [0.25, 0.3) is 0 Å². The highest BCUT2D eigenvalue weighted by Gasteiger charge is 2.38. The van der Waals surface area contributed by atoms with E-state index in [-0.39, 0.29) is 12.0 Å². The highest BCUT2D eigenvalue weighted by molar-refractivity contribution is 9.09. The first-order chi connectivity index (χ1) is 8.93. The maximum Gasteiger partial charge on any atom is 0.411 e.